The summed E-state index contributed by atoms with van der Waals surface area (Å²) in [6.07, 6.45) is 4.23. The maximum Gasteiger partial charge on any atom is 0.304 e. The van der Waals surface area contributed by atoms with Crippen LogP contribution in [0.5, 0.6) is 0 Å². The van der Waals surface area contributed by atoms with Crippen molar-refractivity contribution in [2.45, 2.75) is 52.0 Å². The SMILES string of the molecule is CC(C)(C)N(CCC(=O)O)CCC1CC1. The third kappa shape index (κ3) is 5.17. The average Bonchev–Trinajstić information content (AvgIpc) is 2.84. The zero-order chi connectivity index (χ0) is 11.5. The van der Waals surface area contributed by atoms with E-state index in [2.05, 4.69) is 25.7 Å². The Morgan fingerprint density at radius 2 is 1.93 bits per heavy atom. The Balaban J connectivity index is 2.33. The predicted molar refractivity (Wildman–Crippen MR) is 60.9 cm³/mol. The van der Waals surface area contributed by atoms with Crippen LogP contribution >= 0.6 is 0 Å². The van der Waals surface area contributed by atoms with Gasteiger partial charge in [0.15, 0.2) is 0 Å². The number of nitrogens with zero attached hydrogens (tertiary/aromatic N) is 1. The number of rotatable bonds is 6. The van der Waals surface area contributed by atoms with E-state index in [0.717, 1.165) is 12.5 Å². The number of aliphatic carboxylic acids is 1. The lowest BCUT2D eigenvalue weighted by atomic mass is 10.0. The van der Waals surface area contributed by atoms with Crippen molar-refractivity contribution in [3.63, 3.8) is 0 Å². The molecule has 0 spiro atoms. The van der Waals surface area contributed by atoms with E-state index < -0.39 is 5.97 Å². The van der Waals surface area contributed by atoms with E-state index in [1.54, 1.807) is 0 Å². The van der Waals surface area contributed by atoms with Gasteiger partial charge in [-0.25, -0.2) is 0 Å². The van der Waals surface area contributed by atoms with Gasteiger partial charge in [0.25, 0.3) is 0 Å². The molecule has 88 valence electrons. The van der Waals surface area contributed by atoms with Gasteiger partial charge < -0.3 is 5.11 Å². The molecule has 3 heteroatoms. The van der Waals surface area contributed by atoms with Crippen LogP contribution in [0.15, 0.2) is 0 Å². The number of hydrogen-bond acceptors (Lipinski definition) is 2. The highest BCUT2D eigenvalue weighted by Crippen LogP contribution is 2.33. The third-order valence-electron chi connectivity index (χ3n) is 3.05. The molecule has 0 atom stereocenters. The van der Waals surface area contributed by atoms with E-state index >= 15 is 0 Å². The van der Waals surface area contributed by atoms with Crippen LogP contribution in [0.3, 0.4) is 0 Å². The molecule has 1 aliphatic carbocycles. The Bertz CT molecular complexity index is 216. The molecule has 1 N–H and O–H groups in total. The molecule has 0 bridgehead atoms. The fourth-order valence-electron chi connectivity index (χ4n) is 1.76. The molecular formula is C12H23NO2. The number of carboxylic acid groups (broad SMARTS) is 1. The molecule has 15 heavy (non-hydrogen) atoms. The van der Waals surface area contributed by atoms with Crippen LogP contribution in [0.1, 0.15) is 46.5 Å². The van der Waals surface area contributed by atoms with Crippen molar-refractivity contribution in [3.8, 4) is 0 Å². The van der Waals surface area contributed by atoms with Crippen molar-refractivity contribution in [2.75, 3.05) is 13.1 Å². The molecule has 1 fully saturated rings. The minimum atomic E-state index is -0.698. The standard InChI is InChI=1S/C12H23NO2/c1-12(2,3)13(9-7-11(14)15)8-6-10-4-5-10/h10H,4-9H2,1-3H3,(H,14,15). The molecule has 3 nitrogen and oxygen atoms in total. The number of hydrogen-bond donors (Lipinski definition) is 1. The summed E-state index contributed by atoms with van der Waals surface area (Å²) in [5.41, 5.74) is 0.0876. The second kappa shape index (κ2) is 4.97. The first-order chi connectivity index (χ1) is 6.89. The summed E-state index contributed by atoms with van der Waals surface area (Å²) in [7, 11) is 0. The molecule has 0 saturated heterocycles. The minimum absolute atomic E-state index is 0.0876. The van der Waals surface area contributed by atoms with Gasteiger partial charge in [0.1, 0.15) is 0 Å². The van der Waals surface area contributed by atoms with Crippen LogP contribution < -0.4 is 0 Å². The monoisotopic (exact) mass is 213 g/mol. The molecule has 1 saturated carbocycles. The van der Waals surface area contributed by atoms with Crippen LogP contribution in [-0.4, -0.2) is 34.6 Å². The smallest absolute Gasteiger partial charge is 0.304 e. The second-order valence-corrected chi connectivity index (χ2v) is 5.53. The predicted octanol–water partition coefficient (Wildman–Crippen LogP) is 2.36. The summed E-state index contributed by atoms with van der Waals surface area (Å²) in [5.74, 6) is 0.218. The Morgan fingerprint density at radius 1 is 1.33 bits per heavy atom. The van der Waals surface area contributed by atoms with Crippen molar-refractivity contribution in [2.24, 2.45) is 5.92 Å². The van der Waals surface area contributed by atoms with Gasteiger partial charge in [0.05, 0.1) is 6.42 Å². The third-order valence-corrected chi connectivity index (χ3v) is 3.05. The van der Waals surface area contributed by atoms with E-state index in [0.29, 0.717) is 6.54 Å². The van der Waals surface area contributed by atoms with E-state index in [4.69, 9.17) is 5.11 Å². The molecular weight excluding hydrogens is 190 g/mol. The maximum absolute atomic E-state index is 10.6. The fourth-order valence-corrected chi connectivity index (χ4v) is 1.76. The Labute approximate surface area is 92.5 Å². The highest BCUT2D eigenvalue weighted by molar-refractivity contribution is 5.66. The zero-order valence-electron chi connectivity index (χ0n) is 10.1. The normalized spacial score (nSPS) is 17.1. The van der Waals surface area contributed by atoms with E-state index in [9.17, 15) is 4.79 Å². The quantitative estimate of drug-likeness (QED) is 0.736. The fraction of sp³-hybridized carbons (Fsp3) is 0.917. The molecule has 0 radical (unpaired) electrons. The lowest BCUT2D eigenvalue weighted by molar-refractivity contribution is -0.137. The first-order valence-electron chi connectivity index (χ1n) is 5.86. The van der Waals surface area contributed by atoms with Crippen molar-refractivity contribution < 1.29 is 9.90 Å². The summed E-state index contributed by atoms with van der Waals surface area (Å²) >= 11 is 0. The van der Waals surface area contributed by atoms with Gasteiger partial charge in [0, 0.05) is 12.1 Å². The van der Waals surface area contributed by atoms with Gasteiger partial charge in [-0.2, -0.15) is 0 Å². The van der Waals surface area contributed by atoms with Gasteiger partial charge in [-0.15, -0.1) is 0 Å². The largest absolute Gasteiger partial charge is 0.481 e. The van der Waals surface area contributed by atoms with E-state index in [1.165, 1.54) is 19.3 Å². The van der Waals surface area contributed by atoms with E-state index in [1.807, 2.05) is 0 Å². The highest BCUT2D eigenvalue weighted by atomic mass is 16.4. The first-order valence-corrected chi connectivity index (χ1v) is 5.86. The number of carboxylic acids is 1. The molecule has 1 rings (SSSR count). The van der Waals surface area contributed by atoms with Gasteiger partial charge >= 0.3 is 5.97 Å². The maximum atomic E-state index is 10.6. The Kier molecular flexibility index (Phi) is 4.14. The molecule has 0 aromatic rings. The van der Waals surface area contributed by atoms with Gasteiger partial charge in [-0.3, -0.25) is 9.69 Å². The highest BCUT2D eigenvalue weighted by Gasteiger charge is 2.26. The average molecular weight is 213 g/mol. The Hall–Kier alpha value is -0.570. The summed E-state index contributed by atoms with van der Waals surface area (Å²) in [5, 5.41) is 8.69. The van der Waals surface area contributed by atoms with Gasteiger partial charge in [-0.1, -0.05) is 12.8 Å². The molecule has 0 heterocycles. The summed E-state index contributed by atoms with van der Waals surface area (Å²) < 4.78 is 0. The molecule has 1 aliphatic rings. The first kappa shape index (κ1) is 12.5. The van der Waals surface area contributed by atoms with Crippen molar-refractivity contribution >= 4 is 5.97 Å². The lowest BCUT2D eigenvalue weighted by Crippen LogP contribution is -2.43. The van der Waals surface area contributed by atoms with Crippen molar-refractivity contribution in [1.82, 2.24) is 4.90 Å². The summed E-state index contributed by atoms with van der Waals surface area (Å²) in [4.78, 5) is 12.8. The summed E-state index contributed by atoms with van der Waals surface area (Å²) in [6.45, 7) is 8.18. The van der Waals surface area contributed by atoms with Crippen molar-refractivity contribution in [1.29, 1.82) is 0 Å². The van der Waals surface area contributed by atoms with Crippen LogP contribution in [0, 0.1) is 5.92 Å². The van der Waals surface area contributed by atoms with Gasteiger partial charge in [0.2, 0.25) is 0 Å². The molecule has 0 aromatic carbocycles. The summed E-state index contributed by atoms with van der Waals surface area (Å²) in [6, 6.07) is 0. The lowest BCUT2D eigenvalue weighted by Gasteiger charge is -2.35. The van der Waals surface area contributed by atoms with Crippen LogP contribution in [-0.2, 0) is 4.79 Å². The molecule has 0 aromatic heterocycles. The molecule has 0 unspecified atom stereocenters. The van der Waals surface area contributed by atoms with Crippen LogP contribution in [0.25, 0.3) is 0 Å². The molecule has 0 amide bonds. The van der Waals surface area contributed by atoms with Crippen LogP contribution in [0.4, 0.5) is 0 Å². The van der Waals surface area contributed by atoms with Gasteiger partial charge in [-0.05, 0) is 39.7 Å². The molecule has 0 aliphatic heterocycles. The Morgan fingerprint density at radius 3 is 2.33 bits per heavy atom. The number of carbonyl (C=O) groups is 1. The minimum Gasteiger partial charge on any atom is -0.481 e. The van der Waals surface area contributed by atoms with Crippen LogP contribution in [0.2, 0.25) is 0 Å². The second-order valence-electron chi connectivity index (χ2n) is 5.53. The van der Waals surface area contributed by atoms with Crippen molar-refractivity contribution in [3.05, 3.63) is 0 Å². The van der Waals surface area contributed by atoms with E-state index in [-0.39, 0.29) is 12.0 Å². The topological polar surface area (TPSA) is 40.5 Å². The zero-order valence-corrected chi connectivity index (χ0v) is 10.1.